The summed E-state index contributed by atoms with van der Waals surface area (Å²) < 4.78 is 31.1. The second-order valence-electron chi connectivity index (χ2n) is 7.24. The van der Waals surface area contributed by atoms with E-state index in [1.165, 1.54) is 0 Å². The van der Waals surface area contributed by atoms with Gasteiger partial charge in [0.1, 0.15) is 17.2 Å². The van der Waals surface area contributed by atoms with E-state index in [2.05, 4.69) is 4.98 Å². The first-order valence-corrected chi connectivity index (χ1v) is 10.6. The standard InChI is InChI=1S/C23H18N2O5S/c26-23(27)20(11-14-13-24-19-7-3-1-5-16(14)19)25(31(28)29)15-9-10-22-18(12-15)17-6-2-4-8-21(17)30-22/h1-10,12-13,20,24H,11H2,(H,26,27)(H,28,29)/p-1. The molecule has 8 heteroatoms. The summed E-state index contributed by atoms with van der Waals surface area (Å²) in [5.41, 5.74) is 3.14. The van der Waals surface area contributed by atoms with Crippen molar-refractivity contribution in [2.24, 2.45) is 0 Å². The number of rotatable bonds is 6. The van der Waals surface area contributed by atoms with Crippen molar-refractivity contribution < 1.29 is 23.1 Å². The Labute approximate surface area is 179 Å². The molecular formula is C23H17N2O5S-. The van der Waals surface area contributed by atoms with Gasteiger partial charge in [-0.2, -0.15) is 0 Å². The quantitative estimate of drug-likeness (QED) is 0.387. The lowest BCUT2D eigenvalue weighted by Gasteiger charge is -2.32. The van der Waals surface area contributed by atoms with E-state index in [-0.39, 0.29) is 12.1 Å². The minimum Gasteiger partial charge on any atom is -0.755 e. The predicted octanol–water partition coefficient (Wildman–Crippen LogP) is 4.36. The number of carboxylic acids is 1. The smallest absolute Gasteiger partial charge is 0.327 e. The van der Waals surface area contributed by atoms with Gasteiger partial charge in [0, 0.05) is 45.6 Å². The lowest BCUT2D eigenvalue weighted by atomic mass is 10.0. The Bertz CT molecular complexity index is 1450. The minimum absolute atomic E-state index is 0.0114. The molecule has 7 nitrogen and oxygen atoms in total. The number of aliphatic carboxylic acids is 1. The molecule has 0 fully saturated rings. The van der Waals surface area contributed by atoms with E-state index in [0.717, 1.165) is 31.5 Å². The molecule has 0 aliphatic heterocycles. The Hall–Kier alpha value is -3.62. The number of fused-ring (bicyclic) bond motifs is 4. The normalized spacial score (nSPS) is 13.6. The number of anilines is 1. The molecule has 5 aromatic rings. The maximum atomic E-state index is 12.2. The number of carboxylic acid groups (broad SMARTS) is 1. The SMILES string of the molecule is O=C(O)C(Cc1c[nH]c2ccccc12)N(c1ccc2oc3ccccc3c2c1)S(=O)[O-]. The number of carbonyl (C=O) groups is 1. The monoisotopic (exact) mass is 433 g/mol. The molecule has 0 aliphatic rings. The molecule has 0 saturated heterocycles. The first-order chi connectivity index (χ1) is 15.0. The number of hydrogen-bond donors (Lipinski definition) is 2. The summed E-state index contributed by atoms with van der Waals surface area (Å²) >= 11 is -2.80. The molecule has 2 atom stereocenters. The average Bonchev–Trinajstić information content (AvgIpc) is 3.34. The third kappa shape index (κ3) is 3.35. The highest BCUT2D eigenvalue weighted by Gasteiger charge is 2.29. The fourth-order valence-corrected chi connectivity index (χ4v) is 4.66. The van der Waals surface area contributed by atoms with Crippen LogP contribution >= 0.6 is 0 Å². The van der Waals surface area contributed by atoms with Crippen molar-refractivity contribution in [3.63, 3.8) is 0 Å². The van der Waals surface area contributed by atoms with E-state index in [0.29, 0.717) is 11.2 Å². The molecule has 2 N–H and O–H groups in total. The maximum Gasteiger partial charge on any atom is 0.327 e. The number of furan rings is 1. The minimum atomic E-state index is -2.80. The summed E-state index contributed by atoms with van der Waals surface area (Å²) in [5.74, 6) is -1.23. The van der Waals surface area contributed by atoms with Crippen molar-refractivity contribution in [3.8, 4) is 0 Å². The second-order valence-corrected chi connectivity index (χ2v) is 8.07. The number of para-hydroxylation sites is 2. The largest absolute Gasteiger partial charge is 0.755 e. The topological polar surface area (TPSA) is 110 Å². The molecule has 2 heterocycles. The fourth-order valence-electron chi connectivity index (χ4n) is 4.00. The lowest BCUT2D eigenvalue weighted by Crippen LogP contribution is -2.44. The summed E-state index contributed by atoms with van der Waals surface area (Å²) in [4.78, 5) is 15.3. The molecule has 2 aromatic heterocycles. The molecule has 2 unspecified atom stereocenters. The molecule has 0 aliphatic carbocycles. The van der Waals surface area contributed by atoms with Gasteiger partial charge in [-0.15, -0.1) is 0 Å². The van der Waals surface area contributed by atoms with Gasteiger partial charge >= 0.3 is 5.97 Å². The van der Waals surface area contributed by atoms with Crippen LogP contribution < -0.4 is 4.31 Å². The number of H-pyrrole nitrogens is 1. The van der Waals surface area contributed by atoms with E-state index in [4.69, 9.17) is 4.42 Å². The van der Waals surface area contributed by atoms with E-state index in [1.54, 1.807) is 24.4 Å². The zero-order valence-corrected chi connectivity index (χ0v) is 17.0. The molecule has 0 saturated carbocycles. The van der Waals surface area contributed by atoms with Crippen LogP contribution in [0.2, 0.25) is 0 Å². The Morgan fingerprint density at radius 3 is 2.52 bits per heavy atom. The van der Waals surface area contributed by atoms with Gasteiger partial charge in [0.05, 0.1) is 5.69 Å². The van der Waals surface area contributed by atoms with Gasteiger partial charge in [0.15, 0.2) is 0 Å². The lowest BCUT2D eigenvalue weighted by molar-refractivity contribution is -0.138. The van der Waals surface area contributed by atoms with Crippen molar-refractivity contribution >= 4 is 55.8 Å². The molecule has 5 rings (SSSR count). The van der Waals surface area contributed by atoms with Crippen LogP contribution in [0.1, 0.15) is 5.56 Å². The summed E-state index contributed by atoms with van der Waals surface area (Å²) in [7, 11) is 0. The number of aromatic nitrogens is 1. The Kier molecular flexibility index (Phi) is 4.72. The molecule has 0 amide bonds. The van der Waals surface area contributed by atoms with Crippen LogP contribution in [0, 0.1) is 0 Å². The van der Waals surface area contributed by atoms with Gasteiger partial charge in [-0.3, -0.25) is 8.51 Å². The van der Waals surface area contributed by atoms with Gasteiger partial charge in [0.25, 0.3) is 0 Å². The van der Waals surface area contributed by atoms with Gasteiger partial charge in [-0.05, 0) is 35.9 Å². The summed E-state index contributed by atoms with van der Waals surface area (Å²) in [6.45, 7) is 0. The summed E-state index contributed by atoms with van der Waals surface area (Å²) in [6.07, 6.45) is 1.73. The Balaban J connectivity index is 1.60. The molecule has 31 heavy (non-hydrogen) atoms. The van der Waals surface area contributed by atoms with Crippen LogP contribution in [0.5, 0.6) is 0 Å². The summed E-state index contributed by atoms with van der Waals surface area (Å²) in [5, 5.41) is 12.3. The van der Waals surface area contributed by atoms with Crippen molar-refractivity contribution in [1.29, 1.82) is 0 Å². The van der Waals surface area contributed by atoms with Gasteiger partial charge in [-0.25, -0.2) is 4.79 Å². The molecule has 3 aromatic carbocycles. The van der Waals surface area contributed by atoms with Gasteiger partial charge in [-0.1, -0.05) is 36.4 Å². The van der Waals surface area contributed by atoms with Crippen LogP contribution in [0.15, 0.2) is 77.3 Å². The average molecular weight is 433 g/mol. The fraction of sp³-hybridized carbons (Fsp3) is 0.0870. The van der Waals surface area contributed by atoms with Crippen molar-refractivity contribution in [3.05, 3.63) is 78.5 Å². The zero-order valence-electron chi connectivity index (χ0n) is 16.1. The first-order valence-electron chi connectivity index (χ1n) is 9.60. The van der Waals surface area contributed by atoms with Gasteiger partial charge in [0.2, 0.25) is 0 Å². The zero-order chi connectivity index (χ0) is 21.5. The van der Waals surface area contributed by atoms with Crippen LogP contribution in [-0.2, 0) is 22.5 Å². The molecule has 0 radical (unpaired) electrons. The highest BCUT2D eigenvalue weighted by atomic mass is 32.2. The van der Waals surface area contributed by atoms with E-state index >= 15 is 0 Å². The van der Waals surface area contributed by atoms with Gasteiger partial charge < -0.3 is 19.1 Å². The number of benzene rings is 3. The highest BCUT2D eigenvalue weighted by molar-refractivity contribution is 7.80. The number of nitrogens with zero attached hydrogens (tertiary/aromatic N) is 1. The van der Waals surface area contributed by atoms with Crippen LogP contribution in [-0.4, -0.2) is 30.9 Å². The van der Waals surface area contributed by atoms with E-state index < -0.39 is 23.3 Å². The highest BCUT2D eigenvalue weighted by Crippen LogP contribution is 2.33. The third-order valence-electron chi connectivity index (χ3n) is 5.43. The molecule has 0 bridgehead atoms. The number of hydrogen-bond acceptors (Lipinski definition) is 4. The molecule has 156 valence electrons. The van der Waals surface area contributed by atoms with Crippen LogP contribution in [0.3, 0.4) is 0 Å². The predicted molar refractivity (Wildman–Crippen MR) is 119 cm³/mol. The maximum absolute atomic E-state index is 12.2. The molecule has 0 spiro atoms. The third-order valence-corrected chi connectivity index (χ3v) is 6.22. The Morgan fingerprint density at radius 1 is 1.03 bits per heavy atom. The van der Waals surface area contributed by atoms with Crippen LogP contribution in [0.4, 0.5) is 5.69 Å². The van der Waals surface area contributed by atoms with E-state index in [9.17, 15) is 18.7 Å². The second kappa shape index (κ2) is 7.57. The van der Waals surface area contributed by atoms with Crippen molar-refractivity contribution in [2.75, 3.05) is 4.31 Å². The number of nitrogens with one attached hydrogen (secondary N) is 1. The van der Waals surface area contributed by atoms with Crippen LogP contribution in [0.25, 0.3) is 32.8 Å². The first kappa shape index (κ1) is 19.3. The number of aromatic amines is 1. The Morgan fingerprint density at radius 2 is 1.74 bits per heavy atom. The van der Waals surface area contributed by atoms with E-state index in [1.807, 2.05) is 48.5 Å². The van der Waals surface area contributed by atoms with Crippen molar-refractivity contribution in [2.45, 2.75) is 12.5 Å². The van der Waals surface area contributed by atoms with Crippen molar-refractivity contribution in [1.82, 2.24) is 4.98 Å². The molecular weight excluding hydrogens is 416 g/mol. The summed E-state index contributed by atoms with van der Waals surface area (Å²) in [6, 6.07) is 18.5.